The van der Waals surface area contributed by atoms with Gasteiger partial charge in [0.15, 0.2) is 5.78 Å². The van der Waals surface area contributed by atoms with Crippen molar-refractivity contribution in [1.29, 1.82) is 0 Å². The van der Waals surface area contributed by atoms with E-state index in [2.05, 4.69) is 5.32 Å². The highest BCUT2D eigenvalue weighted by Gasteiger charge is 2.17. The zero-order valence-electron chi connectivity index (χ0n) is 15.8. The first-order chi connectivity index (χ1) is 13.0. The largest absolute Gasteiger partial charge is 0.326 e. The molecule has 0 bridgehead atoms. The van der Waals surface area contributed by atoms with Gasteiger partial charge in [0.2, 0.25) is 5.91 Å². The minimum absolute atomic E-state index is 0.0424. The molecular formula is C24H23NO2. The molecule has 0 aliphatic rings. The average Bonchev–Trinajstić information content (AvgIpc) is 2.70. The number of carbonyl (C=O) groups excluding carboxylic acids is 2. The normalized spacial score (nSPS) is 11.7. The number of hydrogen-bond acceptors (Lipinski definition) is 2. The molecule has 3 aromatic rings. The number of carbonyl (C=O) groups is 2. The van der Waals surface area contributed by atoms with Crippen LogP contribution in [0.1, 0.15) is 45.5 Å². The number of ketones is 1. The number of amides is 1. The number of benzene rings is 3. The Bertz CT molecular complexity index is 977. The summed E-state index contributed by atoms with van der Waals surface area (Å²) in [7, 11) is 0. The van der Waals surface area contributed by atoms with Gasteiger partial charge in [-0.05, 0) is 55.7 Å². The lowest BCUT2D eigenvalue weighted by Gasteiger charge is -2.14. The molecule has 0 radical (unpaired) electrons. The Morgan fingerprint density at radius 2 is 1.48 bits per heavy atom. The van der Waals surface area contributed by atoms with Crippen LogP contribution in [0.15, 0.2) is 72.8 Å². The van der Waals surface area contributed by atoms with E-state index in [4.69, 9.17) is 0 Å². The maximum absolute atomic E-state index is 12.7. The summed E-state index contributed by atoms with van der Waals surface area (Å²) in [6, 6.07) is 22.3. The fraction of sp³-hybridized carbons (Fsp3) is 0.167. The first-order valence-corrected chi connectivity index (χ1v) is 9.03. The van der Waals surface area contributed by atoms with Crippen molar-refractivity contribution in [2.24, 2.45) is 0 Å². The minimum atomic E-state index is -0.366. The summed E-state index contributed by atoms with van der Waals surface area (Å²) in [6.07, 6.45) is 0. The molecule has 1 amide bonds. The summed E-state index contributed by atoms with van der Waals surface area (Å²) >= 11 is 0. The highest BCUT2D eigenvalue weighted by Crippen LogP contribution is 2.22. The molecule has 136 valence electrons. The second-order valence-corrected chi connectivity index (χ2v) is 6.83. The molecular weight excluding hydrogens is 334 g/mol. The van der Waals surface area contributed by atoms with Gasteiger partial charge >= 0.3 is 0 Å². The van der Waals surface area contributed by atoms with Gasteiger partial charge in [0.05, 0.1) is 5.92 Å². The summed E-state index contributed by atoms with van der Waals surface area (Å²) in [6.45, 7) is 5.91. The first-order valence-electron chi connectivity index (χ1n) is 9.03. The van der Waals surface area contributed by atoms with Crippen molar-refractivity contribution in [3.05, 3.63) is 101 Å². The summed E-state index contributed by atoms with van der Waals surface area (Å²) in [5, 5.41) is 2.96. The van der Waals surface area contributed by atoms with E-state index in [0.717, 1.165) is 16.8 Å². The van der Waals surface area contributed by atoms with Crippen molar-refractivity contribution in [1.82, 2.24) is 0 Å². The molecule has 3 nitrogen and oxygen atoms in total. The molecule has 3 aromatic carbocycles. The van der Waals surface area contributed by atoms with Crippen LogP contribution in [0.2, 0.25) is 0 Å². The lowest BCUT2D eigenvalue weighted by atomic mass is 9.95. The Morgan fingerprint density at radius 1 is 0.778 bits per heavy atom. The fourth-order valence-electron chi connectivity index (χ4n) is 2.93. The van der Waals surface area contributed by atoms with E-state index in [1.807, 2.05) is 69.3 Å². The summed E-state index contributed by atoms with van der Waals surface area (Å²) < 4.78 is 0. The van der Waals surface area contributed by atoms with Crippen LogP contribution < -0.4 is 5.32 Å². The van der Waals surface area contributed by atoms with Crippen LogP contribution in [0, 0.1) is 13.8 Å². The maximum Gasteiger partial charge on any atom is 0.231 e. The minimum Gasteiger partial charge on any atom is -0.326 e. The molecule has 0 spiro atoms. The van der Waals surface area contributed by atoms with Gasteiger partial charge in [-0.25, -0.2) is 0 Å². The molecule has 1 N–H and O–H groups in total. The molecule has 0 fully saturated rings. The van der Waals surface area contributed by atoms with Gasteiger partial charge in [-0.1, -0.05) is 54.6 Å². The second-order valence-electron chi connectivity index (χ2n) is 6.83. The summed E-state index contributed by atoms with van der Waals surface area (Å²) in [5.41, 5.74) is 5.15. The predicted octanol–water partition coefficient (Wildman–Crippen LogP) is 5.28. The fourth-order valence-corrected chi connectivity index (χ4v) is 2.93. The standard InChI is InChI=1S/C24H23NO2/c1-16-12-13-22(14-17(16)2)25-24(27)18(3)20-10-7-11-21(15-20)23(26)19-8-5-4-6-9-19/h4-15,18H,1-3H3,(H,25,27)/t18-/m1/s1. The molecule has 0 heterocycles. The van der Waals surface area contributed by atoms with Crippen LogP contribution in [0.5, 0.6) is 0 Å². The topological polar surface area (TPSA) is 46.2 Å². The van der Waals surface area contributed by atoms with E-state index >= 15 is 0 Å². The van der Waals surface area contributed by atoms with Crippen LogP contribution in [-0.4, -0.2) is 11.7 Å². The van der Waals surface area contributed by atoms with E-state index in [9.17, 15) is 9.59 Å². The SMILES string of the molecule is Cc1ccc(NC(=O)[C@H](C)c2cccc(C(=O)c3ccccc3)c2)cc1C. The first kappa shape index (κ1) is 18.6. The van der Waals surface area contributed by atoms with Crippen LogP contribution in [-0.2, 0) is 4.79 Å². The Morgan fingerprint density at radius 3 is 2.19 bits per heavy atom. The Labute approximate surface area is 160 Å². The third kappa shape index (κ3) is 4.32. The van der Waals surface area contributed by atoms with Crippen LogP contribution in [0.3, 0.4) is 0 Å². The molecule has 0 unspecified atom stereocenters. The zero-order chi connectivity index (χ0) is 19.4. The number of hydrogen-bond donors (Lipinski definition) is 1. The molecule has 0 saturated heterocycles. The predicted molar refractivity (Wildman–Crippen MR) is 109 cm³/mol. The molecule has 27 heavy (non-hydrogen) atoms. The van der Waals surface area contributed by atoms with Crippen molar-refractivity contribution < 1.29 is 9.59 Å². The van der Waals surface area contributed by atoms with E-state index < -0.39 is 0 Å². The van der Waals surface area contributed by atoms with Crippen LogP contribution >= 0.6 is 0 Å². The van der Waals surface area contributed by atoms with Crippen molar-refractivity contribution in [3.63, 3.8) is 0 Å². The Balaban J connectivity index is 1.78. The Kier molecular flexibility index (Phi) is 5.51. The second kappa shape index (κ2) is 8.00. The molecule has 0 aliphatic heterocycles. The van der Waals surface area contributed by atoms with Crippen LogP contribution in [0.25, 0.3) is 0 Å². The quantitative estimate of drug-likeness (QED) is 0.632. The lowest BCUT2D eigenvalue weighted by molar-refractivity contribution is -0.117. The van der Waals surface area contributed by atoms with Crippen molar-refractivity contribution in [2.75, 3.05) is 5.32 Å². The zero-order valence-corrected chi connectivity index (χ0v) is 15.8. The molecule has 3 rings (SSSR count). The van der Waals surface area contributed by atoms with E-state index in [0.29, 0.717) is 11.1 Å². The van der Waals surface area contributed by atoms with Gasteiger partial charge in [-0.15, -0.1) is 0 Å². The van der Waals surface area contributed by atoms with Crippen LogP contribution in [0.4, 0.5) is 5.69 Å². The number of anilines is 1. The van der Waals surface area contributed by atoms with Gasteiger partial charge in [0, 0.05) is 16.8 Å². The van der Waals surface area contributed by atoms with E-state index in [-0.39, 0.29) is 17.6 Å². The van der Waals surface area contributed by atoms with Gasteiger partial charge in [-0.2, -0.15) is 0 Å². The van der Waals surface area contributed by atoms with Crippen molar-refractivity contribution in [3.8, 4) is 0 Å². The van der Waals surface area contributed by atoms with Gasteiger partial charge < -0.3 is 5.32 Å². The number of aryl methyl sites for hydroxylation is 2. The van der Waals surface area contributed by atoms with E-state index in [1.54, 1.807) is 24.3 Å². The average molecular weight is 357 g/mol. The van der Waals surface area contributed by atoms with Crippen molar-refractivity contribution in [2.45, 2.75) is 26.7 Å². The van der Waals surface area contributed by atoms with Gasteiger partial charge in [0.1, 0.15) is 0 Å². The van der Waals surface area contributed by atoms with Gasteiger partial charge in [0.25, 0.3) is 0 Å². The number of nitrogens with one attached hydrogen (secondary N) is 1. The van der Waals surface area contributed by atoms with E-state index in [1.165, 1.54) is 5.56 Å². The van der Waals surface area contributed by atoms with Gasteiger partial charge in [-0.3, -0.25) is 9.59 Å². The maximum atomic E-state index is 12.7. The molecule has 0 saturated carbocycles. The molecule has 0 aliphatic carbocycles. The lowest BCUT2D eigenvalue weighted by Crippen LogP contribution is -2.19. The summed E-state index contributed by atoms with van der Waals surface area (Å²) in [5.74, 6) is -0.503. The molecule has 1 atom stereocenters. The number of rotatable bonds is 5. The molecule has 0 aromatic heterocycles. The Hall–Kier alpha value is -3.20. The smallest absolute Gasteiger partial charge is 0.231 e. The van der Waals surface area contributed by atoms with Crippen molar-refractivity contribution >= 4 is 17.4 Å². The molecule has 3 heteroatoms. The third-order valence-electron chi connectivity index (χ3n) is 4.85. The summed E-state index contributed by atoms with van der Waals surface area (Å²) in [4.78, 5) is 25.3. The third-order valence-corrected chi connectivity index (χ3v) is 4.85. The monoisotopic (exact) mass is 357 g/mol. The highest BCUT2D eigenvalue weighted by atomic mass is 16.2. The highest BCUT2D eigenvalue weighted by molar-refractivity contribution is 6.09.